The first-order valence-electron chi connectivity index (χ1n) is 11.9. The fraction of sp³-hybridized carbons (Fsp3) is 0.276. The van der Waals surface area contributed by atoms with E-state index in [4.69, 9.17) is 14.2 Å². The Labute approximate surface area is 205 Å². The highest BCUT2D eigenvalue weighted by molar-refractivity contribution is 5.17. The first-order valence-corrected chi connectivity index (χ1v) is 11.9. The molecular weight excluding hydrogens is 440 g/mol. The average Bonchev–Trinajstić information content (AvgIpc) is 3.39. The topological polar surface area (TPSA) is 65.7 Å². The molecule has 180 valence electrons. The molecule has 1 aromatic heterocycles. The van der Waals surface area contributed by atoms with Gasteiger partial charge in [-0.25, -0.2) is 4.98 Å². The van der Waals surface area contributed by atoms with E-state index in [1.54, 1.807) is 6.20 Å². The molecule has 0 amide bonds. The monoisotopic (exact) mass is 470 g/mol. The van der Waals surface area contributed by atoms with Crippen molar-refractivity contribution in [2.45, 2.75) is 44.2 Å². The number of aliphatic hydroxyl groups is 1. The van der Waals surface area contributed by atoms with Crippen LogP contribution < -0.4 is 0 Å². The predicted molar refractivity (Wildman–Crippen MR) is 132 cm³/mol. The Morgan fingerprint density at radius 1 is 0.714 bits per heavy atom. The van der Waals surface area contributed by atoms with Crippen molar-refractivity contribution in [3.63, 3.8) is 0 Å². The van der Waals surface area contributed by atoms with Crippen molar-refractivity contribution < 1.29 is 19.3 Å². The summed E-state index contributed by atoms with van der Waals surface area (Å²) < 4.78 is 20.7. The van der Waals surface area contributed by atoms with Crippen LogP contribution in [-0.4, -0.2) is 33.5 Å². The molecule has 0 bridgehead atoms. The molecule has 4 aromatic rings. The molecule has 1 N–H and O–H groups in total. The largest absolute Gasteiger partial charge is 0.387 e. The Morgan fingerprint density at radius 3 is 1.86 bits per heavy atom. The molecule has 0 radical (unpaired) electrons. The van der Waals surface area contributed by atoms with Crippen molar-refractivity contribution in [2.75, 3.05) is 6.61 Å². The zero-order valence-electron chi connectivity index (χ0n) is 19.5. The van der Waals surface area contributed by atoms with Crippen molar-refractivity contribution in [1.29, 1.82) is 0 Å². The standard InChI is InChI=1S/C29H30N2O4/c32-26-27(34-19-23-12-6-2-7-13-23)25(21-33-18-22-10-4-1-5-11-22)31-17-16-30-29(31)28(26)35-20-24-14-8-3-9-15-24/h1-17,25-28,32H,18-21H2/t25-,26+,27-,28-/m1/s1. The summed E-state index contributed by atoms with van der Waals surface area (Å²) >= 11 is 0. The van der Waals surface area contributed by atoms with Gasteiger partial charge in [0.05, 0.1) is 32.5 Å². The fourth-order valence-electron chi connectivity index (χ4n) is 4.49. The van der Waals surface area contributed by atoms with E-state index in [9.17, 15) is 5.11 Å². The summed E-state index contributed by atoms with van der Waals surface area (Å²) in [7, 11) is 0. The van der Waals surface area contributed by atoms with E-state index in [-0.39, 0.29) is 6.04 Å². The minimum atomic E-state index is -0.900. The van der Waals surface area contributed by atoms with E-state index in [2.05, 4.69) is 4.98 Å². The van der Waals surface area contributed by atoms with Crippen LogP contribution >= 0.6 is 0 Å². The minimum Gasteiger partial charge on any atom is -0.387 e. The Balaban J connectivity index is 1.35. The second-order valence-electron chi connectivity index (χ2n) is 8.73. The maximum atomic E-state index is 11.5. The SMILES string of the molecule is O[C@H]1[C@H](OCc2ccccc2)[C@@H](COCc2ccccc2)n2ccnc2[C@@H]1OCc1ccccc1. The summed E-state index contributed by atoms with van der Waals surface area (Å²) in [5, 5.41) is 11.5. The molecule has 1 aliphatic heterocycles. The summed E-state index contributed by atoms with van der Waals surface area (Å²) in [5.41, 5.74) is 3.18. The van der Waals surface area contributed by atoms with Crippen LogP contribution in [-0.2, 0) is 34.0 Å². The summed E-state index contributed by atoms with van der Waals surface area (Å²) in [4.78, 5) is 4.54. The van der Waals surface area contributed by atoms with E-state index in [1.165, 1.54) is 0 Å². The quantitative estimate of drug-likeness (QED) is 0.359. The molecule has 1 aliphatic rings. The van der Waals surface area contributed by atoms with Gasteiger partial charge in [0, 0.05) is 12.4 Å². The van der Waals surface area contributed by atoms with E-state index < -0.39 is 18.3 Å². The number of imidazole rings is 1. The first-order chi connectivity index (χ1) is 17.3. The van der Waals surface area contributed by atoms with Crippen LogP contribution in [0.4, 0.5) is 0 Å². The van der Waals surface area contributed by atoms with Gasteiger partial charge in [0.2, 0.25) is 0 Å². The highest BCUT2D eigenvalue weighted by Gasteiger charge is 2.44. The smallest absolute Gasteiger partial charge is 0.144 e. The molecule has 4 atom stereocenters. The Kier molecular flexibility index (Phi) is 7.66. The van der Waals surface area contributed by atoms with E-state index in [1.807, 2.05) is 102 Å². The van der Waals surface area contributed by atoms with Crippen molar-refractivity contribution in [3.8, 4) is 0 Å². The zero-order valence-corrected chi connectivity index (χ0v) is 19.5. The first kappa shape index (κ1) is 23.5. The number of aliphatic hydroxyl groups excluding tert-OH is 1. The van der Waals surface area contributed by atoms with Crippen molar-refractivity contribution in [1.82, 2.24) is 9.55 Å². The highest BCUT2D eigenvalue weighted by Crippen LogP contribution is 2.37. The van der Waals surface area contributed by atoms with Crippen LogP contribution in [0.25, 0.3) is 0 Å². The van der Waals surface area contributed by atoms with Crippen molar-refractivity contribution in [2.24, 2.45) is 0 Å². The van der Waals surface area contributed by atoms with Gasteiger partial charge in [-0.3, -0.25) is 0 Å². The number of benzene rings is 3. The van der Waals surface area contributed by atoms with Gasteiger partial charge in [-0.1, -0.05) is 91.0 Å². The number of fused-ring (bicyclic) bond motifs is 1. The molecular formula is C29H30N2O4. The summed E-state index contributed by atoms with van der Waals surface area (Å²) in [6.45, 7) is 1.61. The maximum absolute atomic E-state index is 11.5. The molecule has 0 saturated carbocycles. The molecule has 3 aromatic carbocycles. The second-order valence-corrected chi connectivity index (χ2v) is 8.73. The van der Waals surface area contributed by atoms with E-state index >= 15 is 0 Å². The number of ether oxygens (including phenoxy) is 3. The van der Waals surface area contributed by atoms with Gasteiger partial charge in [-0.2, -0.15) is 0 Å². The molecule has 0 saturated heterocycles. The molecule has 5 rings (SSSR count). The van der Waals surface area contributed by atoms with Crippen LogP contribution in [0.3, 0.4) is 0 Å². The number of nitrogens with zero attached hydrogens (tertiary/aromatic N) is 2. The van der Waals surface area contributed by atoms with Crippen LogP contribution in [0, 0.1) is 0 Å². The molecule has 2 heterocycles. The van der Waals surface area contributed by atoms with Gasteiger partial charge in [0.1, 0.15) is 24.1 Å². The highest BCUT2D eigenvalue weighted by atomic mass is 16.5. The third-order valence-corrected chi connectivity index (χ3v) is 6.29. The van der Waals surface area contributed by atoms with E-state index in [0.29, 0.717) is 32.3 Å². The second kappa shape index (κ2) is 11.4. The summed E-state index contributed by atoms with van der Waals surface area (Å²) in [6, 6.07) is 29.7. The van der Waals surface area contributed by atoms with Gasteiger partial charge in [-0.05, 0) is 16.7 Å². The van der Waals surface area contributed by atoms with Crippen LogP contribution in [0.15, 0.2) is 103 Å². The summed E-state index contributed by atoms with van der Waals surface area (Å²) in [6.07, 6.45) is 1.60. The number of aromatic nitrogens is 2. The lowest BCUT2D eigenvalue weighted by Gasteiger charge is -2.40. The average molecular weight is 471 g/mol. The number of hydrogen-bond donors (Lipinski definition) is 1. The molecule has 6 nitrogen and oxygen atoms in total. The molecule has 0 aliphatic carbocycles. The summed E-state index contributed by atoms with van der Waals surface area (Å²) in [5.74, 6) is 0.682. The lowest BCUT2D eigenvalue weighted by atomic mass is 9.95. The van der Waals surface area contributed by atoms with Gasteiger partial charge in [-0.15, -0.1) is 0 Å². The third kappa shape index (κ3) is 5.69. The van der Waals surface area contributed by atoms with Crippen molar-refractivity contribution in [3.05, 3.63) is 126 Å². The van der Waals surface area contributed by atoms with Gasteiger partial charge in [0.15, 0.2) is 0 Å². The lowest BCUT2D eigenvalue weighted by Crippen LogP contribution is -2.48. The normalized spacial score (nSPS) is 21.5. The van der Waals surface area contributed by atoms with Crippen LogP contribution in [0.5, 0.6) is 0 Å². The van der Waals surface area contributed by atoms with E-state index in [0.717, 1.165) is 16.7 Å². The molecule has 6 heteroatoms. The number of rotatable bonds is 10. The van der Waals surface area contributed by atoms with Crippen molar-refractivity contribution >= 4 is 0 Å². The van der Waals surface area contributed by atoms with Gasteiger partial charge >= 0.3 is 0 Å². The Hall–Kier alpha value is -3.29. The van der Waals surface area contributed by atoms with Crippen LogP contribution in [0.1, 0.15) is 34.7 Å². The zero-order chi connectivity index (χ0) is 23.9. The number of hydrogen-bond acceptors (Lipinski definition) is 5. The van der Waals surface area contributed by atoms with Gasteiger partial charge < -0.3 is 23.9 Å². The predicted octanol–water partition coefficient (Wildman–Crippen LogP) is 4.86. The van der Waals surface area contributed by atoms with Crippen LogP contribution in [0.2, 0.25) is 0 Å². The molecule has 0 spiro atoms. The lowest BCUT2D eigenvalue weighted by molar-refractivity contribution is -0.164. The molecule has 35 heavy (non-hydrogen) atoms. The Morgan fingerprint density at radius 2 is 1.26 bits per heavy atom. The molecule has 0 fully saturated rings. The minimum absolute atomic E-state index is 0.244. The molecule has 0 unspecified atom stereocenters. The maximum Gasteiger partial charge on any atom is 0.144 e. The fourth-order valence-corrected chi connectivity index (χ4v) is 4.49. The van der Waals surface area contributed by atoms with Gasteiger partial charge in [0.25, 0.3) is 0 Å². The third-order valence-electron chi connectivity index (χ3n) is 6.29. The Bertz CT molecular complexity index is 1170.